The van der Waals surface area contributed by atoms with Gasteiger partial charge in [0.15, 0.2) is 5.78 Å². The van der Waals surface area contributed by atoms with Crippen molar-refractivity contribution in [3.05, 3.63) is 100 Å². The van der Waals surface area contributed by atoms with Crippen molar-refractivity contribution in [3.8, 4) is 28.5 Å². The first-order valence-corrected chi connectivity index (χ1v) is 10.2. The summed E-state index contributed by atoms with van der Waals surface area (Å²) < 4.78 is 0. The van der Waals surface area contributed by atoms with Crippen LogP contribution in [0.1, 0.15) is 27.0 Å². The summed E-state index contributed by atoms with van der Waals surface area (Å²) in [7, 11) is 0. The summed E-state index contributed by atoms with van der Waals surface area (Å²) in [4.78, 5) is 18.1. The maximum atomic E-state index is 13.3. The Bertz CT molecular complexity index is 1380. The third-order valence-electron chi connectivity index (χ3n) is 5.41. The van der Waals surface area contributed by atoms with Gasteiger partial charge in [0.05, 0.1) is 11.3 Å². The zero-order valence-electron chi connectivity index (χ0n) is 16.6. The first-order chi connectivity index (χ1) is 15.1. The van der Waals surface area contributed by atoms with E-state index in [1.54, 1.807) is 18.2 Å². The van der Waals surface area contributed by atoms with Gasteiger partial charge in [-0.3, -0.25) is 4.79 Å². The van der Waals surface area contributed by atoms with Gasteiger partial charge in [0, 0.05) is 27.4 Å². The Labute approximate surface area is 184 Å². The number of carbonyl (C=O) groups is 1. The summed E-state index contributed by atoms with van der Waals surface area (Å²) in [6.45, 7) is 2.01. The van der Waals surface area contributed by atoms with Crippen LogP contribution in [0.25, 0.3) is 22.4 Å². The summed E-state index contributed by atoms with van der Waals surface area (Å²) in [5.74, 6) is 0.293. The molecule has 0 atom stereocenters. The van der Waals surface area contributed by atoms with E-state index in [9.17, 15) is 10.1 Å². The van der Waals surface area contributed by atoms with E-state index in [-0.39, 0.29) is 5.78 Å². The highest BCUT2D eigenvalue weighted by Crippen LogP contribution is 2.44. The second kappa shape index (κ2) is 7.39. The van der Waals surface area contributed by atoms with Crippen LogP contribution in [0.15, 0.2) is 72.8 Å². The van der Waals surface area contributed by atoms with Gasteiger partial charge in [0.1, 0.15) is 17.5 Å². The van der Waals surface area contributed by atoms with Crippen LogP contribution in [0, 0.1) is 18.3 Å². The number of nitrogens with zero attached hydrogens (tertiary/aromatic N) is 2. The molecule has 1 N–H and O–H groups in total. The first kappa shape index (κ1) is 19.0. The number of hydrogen-bond acceptors (Lipinski definition) is 4. The van der Waals surface area contributed by atoms with Crippen molar-refractivity contribution in [3.63, 3.8) is 0 Å². The van der Waals surface area contributed by atoms with E-state index in [1.807, 2.05) is 61.5 Å². The highest BCUT2D eigenvalue weighted by Gasteiger charge is 2.34. The molecule has 1 aliphatic rings. The molecule has 148 valence electrons. The molecule has 0 spiro atoms. The molecule has 0 unspecified atom stereocenters. The lowest BCUT2D eigenvalue weighted by atomic mass is 9.93. The Morgan fingerprint density at radius 3 is 2.26 bits per heavy atom. The van der Waals surface area contributed by atoms with Crippen LogP contribution in [-0.2, 0) is 0 Å². The molecule has 1 aliphatic carbocycles. The number of nitriles is 1. The molecule has 5 heteroatoms. The number of nitrogens with one attached hydrogen (secondary N) is 1. The fourth-order valence-electron chi connectivity index (χ4n) is 3.90. The fourth-order valence-corrected chi connectivity index (χ4v) is 4.03. The van der Waals surface area contributed by atoms with E-state index >= 15 is 0 Å². The predicted octanol–water partition coefficient (Wildman–Crippen LogP) is 6.54. The molecule has 3 aromatic carbocycles. The number of fused-ring (bicyclic) bond motifs is 3. The standard InChI is InChI=1S/C26H16ClN3O/c1-15-6-12-18(13-7-15)29-26-21(14-28)22(16-8-10-17(27)11-9-16)23-24(30-26)19-4-2-3-5-20(19)25(23)31/h2-13H,1H3,(H,29,30). The van der Waals surface area contributed by atoms with Gasteiger partial charge in [0.25, 0.3) is 0 Å². The highest BCUT2D eigenvalue weighted by molar-refractivity contribution is 6.30. The average molecular weight is 422 g/mol. The van der Waals surface area contributed by atoms with Crippen LogP contribution in [0.2, 0.25) is 5.02 Å². The minimum absolute atomic E-state index is 0.124. The molecule has 0 amide bonds. The normalized spacial score (nSPS) is 11.6. The van der Waals surface area contributed by atoms with Crippen molar-refractivity contribution in [1.29, 1.82) is 5.26 Å². The topological polar surface area (TPSA) is 65.8 Å². The van der Waals surface area contributed by atoms with Crippen LogP contribution < -0.4 is 5.32 Å². The van der Waals surface area contributed by atoms with Crippen molar-refractivity contribution in [2.45, 2.75) is 6.92 Å². The molecule has 0 aliphatic heterocycles. The Kier molecular flexibility index (Phi) is 4.54. The maximum Gasteiger partial charge on any atom is 0.196 e. The minimum atomic E-state index is -0.124. The van der Waals surface area contributed by atoms with Gasteiger partial charge < -0.3 is 5.32 Å². The number of aromatic nitrogens is 1. The number of rotatable bonds is 3. The smallest absolute Gasteiger partial charge is 0.196 e. The lowest BCUT2D eigenvalue weighted by Crippen LogP contribution is -2.06. The predicted molar refractivity (Wildman–Crippen MR) is 123 cm³/mol. The van der Waals surface area contributed by atoms with Gasteiger partial charge in [-0.25, -0.2) is 4.98 Å². The summed E-state index contributed by atoms with van der Waals surface area (Å²) in [6.07, 6.45) is 0. The highest BCUT2D eigenvalue weighted by atomic mass is 35.5. The number of pyridine rings is 1. The number of aryl methyl sites for hydroxylation is 1. The Morgan fingerprint density at radius 1 is 0.903 bits per heavy atom. The van der Waals surface area contributed by atoms with E-state index in [0.29, 0.717) is 38.8 Å². The van der Waals surface area contributed by atoms with Crippen molar-refractivity contribution in [1.82, 2.24) is 4.98 Å². The van der Waals surface area contributed by atoms with Gasteiger partial charge in [-0.2, -0.15) is 5.26 Å². The van der Waals surface area contributed by atoms with Gasteiger partial charge in [-0.15, -0.1) is 0 Å². The number of hydrogen-bond donors (Lipinski definition) is 1. The second-order valence-electron chi connectivity index (χ2n) is 7.42. The summed E-state index contributed by atoms with van der Waals surface area (Å²) >= 11 is 6.09. The summed E-state index contributed by atoms with van der Waals surface area (Å²) in [5, 5.41) is 14.0. The van der Waals surface area contributed by atoms with E-state index in [0.717, 1.165) is 22.4 Å². The van der Waals surface area contributed by atoms with E-state index < -0.39 is 0 Å². The molecule has 0 saturated carbocycles. The number of benzene rings is 3. The largest absolute Gasteiger partial charge is 0.339 e. The molecule has 5 rings (SSSR count). The summed E-state index contributed by atoms with van der Waals surface area (Å²) in [6, 6.07) is 24.7. The molecular weight excluding hydrogens is 406 g/mol. The molecule has 1 heterocycles. The van der Waals surface area contributed by atoms with Crippen LogP contribution in [0.5, 0.6) is 0 Å². The summed E-state index contributed by atoms with van der Waals surface area (Å²) in [5.41, 5.74) is 5.98. The van der Waals surface area contributed by atoms with Crippen molar-refractivity contribution >= 4 is 28.9 Å². The Morgan fingerprint density at radius 2 is 1.58 bits per heavy atom. The zero-order chi connectivity index (χ0) is 21.5. The number of halogens is 1. The van der Waals surface area contributed by atoms with E-state index in [4.69, 9.17) is 16.6 Å². The SMILES string of the molecule is Cc1ccc(Nc2nc3c(c(-c4ccc(Cl)cc4)c2C#N)C(=O)c2ccccc2-3)cc1. The third kappa shape index (κ3) is 3.16. The quantitative estimate of drug-likeness (QED) is 0.359. The molecule has 0 saturated heterocycles. The van der Waals surface area contributed by atoms with Crippen molar-refractivity contribution in [2.24, 2.45) is 0 Å². The lowest BCUT2D eigenvalue weighted by Gasteiger charge is -2.15. The number of anilines is 2. The van der Waals surface area contributed by atoms with Crippen LogP contribution in [0.3, 0.4) is 0 Å². The molecule has 0 fully saturated rings. The van der Waals surface area contributed by atoms with Crippen molar-refractivity contribution in [2.75, 3.05) is 5.32 Å². The number of carbonyl (C=O) groups excluding carboxylic acids is 1. The lowest BCUT2D eigenvalue weighted by molar-refractivity contribution is 0.104. The Balaban J connectivity index is 1.80. The van der Waals surface area contributed by atoms with Gasteiger partial charge in [-0.1, -0.05) is 65.7 Å². The Hall–Kier alpha value is -3.94. The third-order valence-corrected chi connectivity index (χ3v) is 5.66. The monoisotopic (exact) mass is 421 g/mol. The van der Waals surface area contributed by atoms with Crippen LogP contribution >= 0.6 is 11.6 Å². The molecule has 1 aromatic heterocycles. The second-order valence-corrected chi connectivity index (χ2v) is 7.85. The van der Waals surface area contributed by atoms with Crippen LogP contribution in [0.4, 0.5) is 11.5 Å². The van der Waals surface area contributed by atoms with Gasteiger partial charge in [-0.05, 0) is 36.8 Å². The molecule has 0 radical (unpaired) electrons. The average Bonchev–Trinajstić information content (AvgIpc) is 3.07. The van der Waals surface area contributed by atoms with E-state index in [2.05, 4.69) is 11.4 Å². The molecule has 4 aromatic rings. The number of ketones is 1. The van der Waals surface area contributed by atoms with Gasteiger partial charge in [0.2, 0.25) is 0 Å². The maximum absolute atomic E-state index is 13.3. The zero-order valence-corrected chi connectivity index (χ0v) is 17.4. The molecule has 4 nitrogen and oxygen atoms in total. The minimum Gasteiger partial charge on any atom is -0.339 e. The molecular formula is C26H16ClN3O. The molecule has 31 heavy (non-hydrogen) atoms. The fraction of sp³-hybridized carbons (Fsp3) is 0.0385. The molecule has 0 bridgehead atoms. The van der Waals surface area contributed by atoms with Gasteiger partial charge >= 0.3 is 0 Å². The van der Waals surface area contributed by atoms with E-state index in [1.165, 1.54) is 0 Å². The first-order valence-electron chi connectivity index (χ1n) is 9.78. The van der Waals surface area contributed by atoms with Crippen LogP contribution in [-0.4, -0.2) is 10.8 Å². The van der Waals surface area contributed by atoms with Crippen molar-refractivity contribution < 1.29 is 4.79 Å².